The number of carbonyl (C=O) groups is 2. The van der Waals surface area contributed by atoms with Crippen LogP contribution in [0.25, 0.3) is 0 Å². The number of methoxy groups -OCH3 is 1. The Morgan fingerprint density at radius 2 is 1.69 bits per heavy atom. The van der Waals surface area contributed by atoms with Crippen LogP contribution in [-0.2, 0) is 9.53 Å². The molecule has 0 amide bonds. The molecule has 5 nitrogen and oxygen atoms in total. The standard InChI is InChI=1S/C23H21NO4S/c1-28-22(26)23(27)15-18(19-13-8-14-29-19)20(21(25)16-9-4-2-5-10-16)24(23)17-11-6-3-7-12-17/h2-14,18,20,27H,15H2,1H3/t18-,20+,23-/m0/s1. The van der Waals surface area contributed by atoms with Crippen LogP contribution in [0.3, 0.4) is 0 Å². The summed E-state index contributed by atoms with van der Waals surface area (Å²) in [6, 6.07) is 21.1. The summed E-state index contributed by atoms with van der Waals surface area (Å²) in [6.07, 6.45) is 0.0678. The zero-order valence-electron chi connectivity index (χ0n) is 15.9. The lowest BCUT2D eigenvalue weighted by molar-refractivity contribution is -0.161. The Balaban J connectivity index is 1.89. The second-order valence-electron chi connectivity index (χ2n) is 7.01. The lowest BCUT2D eigenvalue weighted by atomic mass is 9.90. The van der Waals surface area contributed by atoms with Gasteiger partial charge in [-0.05, 0) is 23.6 Å². The normalized spacial score (nSPS) is 23.7. The van der Waals surface area contributed by atoms with Crippen LogP contribution in [0.1, 0.15) is 27.6 Å². The van der Waals surface area contributed by atoms with Gasteiger partial charge in [-0.3, -0.25) is 4.79 Å². The molecule has 0 radical (unpaired) electrons. The molecule has 0 saturated carbocycles. The Labute approximate surface area is 173 Å². The molecule has 6 heteroatoms. The summed E-state index contributed by atoms with van der Waals surface area (Å²) >= 11 is 1.51. The van der Waals surface area contributed by atoms with Gasteiger partial charge in [0, 0.05) is 28.5 Å². The van der Waals surface area contributed by atoms with Crippen LogP contribution in [0.15, 0.2) is 78.2 Å². The van der Waals surface area contributed by atoms with E-state index in [1.807, 2.05) is 53.9 Å². The van der Waals surface area contributed by atoms with Gasteiger partial charge in [0.2, 0.25) is 5.72 Å². The van der Waals surface area contributed by atoms with Crippen molar-refractivity contribution in [2.45, 2.75) is 24.1 Å². The van der Waals surface area contributed by atoms with Gasteiger partial charge in [-0.1, -0.05) is 54.6 Å². The zero-order chi connectivity index (χ0) is 20.4. The molecule has 2 aromatic carbocycles. The van der Waals surface area contributed by atoms with Crippen LogP contribution in [0.5, 0.6) is 0 Å². The molecule has 0 spiro atoms. The highest BCUT2D eigenvalue weighted by Gasteiger charge is 2.59. The van der Waals surface area contributed by atoms with Gasteiger partial charge in [0.15, 0.2) is 5.78 Å². The van der Waals surface area contributed by atoms with Crippen molar-refractivity contribution in [3.8, 4) is 0 Å². The highest BCUT2D eigenvalue weighted by atomic mass is 32.1. The number of para-hydroxylation sites is 1. The van der Waals surface area contributed by atoms with Gasteiger partial charge in [0.1, 0.15) is 6.04 Å². The molecule has 1 aliphatic heterocycles. The van der Waals surface area contributed by atoms with E-state index < -0.39 is 17.7 Å². The maximum absolute atomic E-state index is 13.6. The monoisotopic (exact) mass is 407 g/mol. The van der Waals surface area contributed by atoms with Crippen molar-refractivity contribution in [1.29, 1.82) is 0 Å². The van der Waals surface area contributed by atoms with Gasteiger partial charge >= 0.3 is 5.97 Å². The average molecular weight is 407 g/mol. The van der Waals surface area contributed by atoms with Crippen LogP contribution in [-0.4, -0.2) is 35.7 Å². The predicted molar refractivity (Wildman–Crippen MR) is 112 cm³/mol. The van der Waals surface area contributed by atoms with Gasteiger partial charge in [0.25, 0.3) is 0 Å². The minimum atomic E-state index is -1.94. The van der Waals surface area contributed by atoms with Crippen molar-refractivity contribution >= 4 is 28.8 Å². The van der Waals surface area contributed by atoms with Gasteiger partial charge in [0.05, 0.1) is 7.11 Å². The first kappa shape index (κ1) is 19.4. The third kappa shape index (κ3) is 3.34. The maximum Gasteiger partial charge on any atom is 0.359 e. The molecule has 1 aliphatic rings. The third-order valence-electron chi connectivity index (χ3n) is 5.34. The van der Waals surface area contributed by atoms with E-state index in [1.165, 1.54) is 23.3 Å². The first-order chi connectivity index (χ1) is 14.1. The number of anilines is 1. The molecule has 1 aromatic heterocycles. The molecular weight excluding hydrogens is 386 g/mol. The molecule has 1 fully saturated rings. The van der Waals surface area contributed by atoms with Gasteiger partial charge < -0.3 is 14.7 Å². The van der Waals surface area contributed by atoms with Crippen LogP contribution in [0, 0.1) is 0 Å². The first-order valence-corrected chi connectivity index (χ1v) is 10.2. The number of hydrogen-bond donors (Lipinski definition) is 1. The molecule has 1 saturated heterocycles. The van der Waals surface area contributed by atoms with Crippen molar-refractivity contribution in [1.82, 2.24) is 0 Å². The summed E-state index contributed by atoms with van der Waals surface area (Å²) in [4.78, 5) is 28.8. The number of aliphatic hydroxyl groups is 1. The minimum absolute atomic E-state index is 0.0678. The lowest BCUT2D eigenvalue weighted by Gasteiger charge is -2.36. The van der Waals surface area contributed by atoms with E-state index in [9.17, 15) is 14.7 Å². The molecule has 3 atom stereocenters. The predicted octanol–water partition coefficient (Wildman–Crippen LogP) is 3.86. The molecule has 148 valence electrons. The van der Waals surface area contributed by atoms with Crippen LogP contribution >= 0.6 is 11.3 Å². The summed E-state index contributed by atoms with van der Waals surface area (Å²) in [6.45, 7) is 0. The first-order valence-electron chi connectivity index (χ1n) is 9.34. The number of hydrogen-bond acceptors (Lipinski definition) is 6. The van der Waals surface area contributed by atoms with Crippen molar-refractivity contribution in [2.75, 3.05) is 12.0 Å². The molecule has 0 bridgehead atoms. The average Bonchev–Trinajstić information content (AvgIpc) is 3.40. The second-order valence-corrected chi connectivity index (χ2v) is 7.99. The topological polar surface area (TPSA) is 66.8 Å². The number of carbonyl (C=O) groups excluding carboxylic acids is 2. The summed E-state index contributed by atoms with van der Waals surface area (Å²) in [5.74, 6) is -1.27. The Morgan fingerprint density at radius 1 is 1.03 bits per heavy atom. The van der Waals surface area contributed by atoms with Crippen molar-refractivity contribution in [2.24, 2.45) is 0 Å². The smallest absolute Gasteiger partial charge is 0.359 e. The fraction of sp³-hybridized carbons (Fsp3) is 0.217. The van der Waals surface area contributed by atoms with E-state index in [-0.39, 0.29) is 18.1 Å². The van der Waals surface area contributed by atoms with Crippen LogP contribution in [0.2, 0.25) is 0 Å². The third-order valence-corrected chi connectivity index (χ3v) is 6.35. The van der Waals surface area contributed by atoms with E-state index in [0.29, 0.717) is 11.3 Å². The summed E-state index contributed by atoms with van der Waals surface area (Å²) in [5, 5.41) is 13.4. The van der Waals surface area contributed by atoms with Crippen LogP contribution in [0.4, 0.5) is 5.69 Å². The number of Topliss-reactive ketones (excluding diaryl/α,β-unsaturated/α-hetero) is 1. The highest BCUT2D eigenvalue weighted by Crippen LogP contribution is 2.47. The molecule has 3 aromatic rings. The summed E-state index contributed by atoms with van der Waals surface area (Å²) in [5.41, 5.74) is -0.817. The Morgan fingerprint density at radius 3 is 2.28 bits per heavy atom. The lowest BCUT2D eigenvalue weighted by Crippen LogP contribution is -2.55. The van der Waals surface area contributed by atoms with Gasteiger partial charge in [-0.15, -0.1) is 11.3 Å². The molecule has 2 heterocycles. The number of ether oxygens (including phenoxy) is 1. The van der Waals surface area contributed by atoms with E-state index in [4.69, 9.17) is 4.74 Å². The number of ketones is 1. The summed E-state index contributed by atoms with van der Waals surface area (Å²) in [7, 11) is 1.25. The van der Waals surface area contributed by atoms with E-state index >= 15 is 0 Å². The van der Waals surface area contributed by atoms with E-state index in [0.717, 1.165) is 4.88 Å². The molecular formula is C23H21NO4S. The molecule has 1 N–H and O–H groups in total. The maximum atomic E-state index is 13.6. The zero-order valence-corrected chi connectivity index (χ0v) is 16.7. The Kier molecular flexibility index (Phi) is 5.22. The highest BCUT2D eigenvalue weighted by molar-refractivity contribution is 7.10. The number of rotatable bonds is 5. The number of nitrogens with zero attached hydrogens (tertiary/aromatic N) is 1. The largest absolute Gasteiger partial charge is 0.465 e. The van der Waals surface area contributed by atoms with E-state index in [2.05, 4.69) is 0 Å². The number of esters is 1. The number of benzene rings is 2. The van der Waals surface area contributed by atoms with Crippen molar-refractivity contribution in [3.63, 3.8) is 0 Å². The SMILES string of the molecule is COC(=O)[C@@]1(O)C[C@@H](c2cccs2)[C@H](C(=O)c2ccccc2)N1c1ccccc1. The molecule has 0 aliphatic carbocycles. The van der Waals surface area contributed by atoms with Crippen molar-refractivity contribution < 1.29 is 19.4 Å². The minimum Gasteiger partial charge on any atom is -0.465 e. The number of thiophene rings is 1. The fourth-order valence-corrected chi connectivity index (χ4v) is 4.92. The Bertz CT molecular complexity index is 990. The second kappa shape index (κ2) is 7.81. The van der Waals surface area contributed by atoms with Crippen molar-refractivity contribution in [3.05, 3.63) is 88.6 Å². The summed E-state index contributed by atoms with van der Waals surface area (Å²) < 4.78 is 4.95. The van der Waals surface area contributed by atoms with Gasteiger partial charge in [-0.2, -0.15) is 0 Å². The quantitative estimate of drug-likeness (QED) is 0.514. The van der Waals surface area contributed by atoms with Gasteiger partial charge in [-0.25, -0.2) is 4.79 Å². The molecule has 4 rings (SSSR count). The van der Waals surface area contributed by atoms with E-state index in [1.54, 1.807) is 24.3 Å². The molecule has 0 unspecified atom stereocenters. The van der Waals surface area contributed by atoms with Crippen LogP contribution < -0.4 is 4.90 Å². The molecule has 29 heavy (non-hydrogen) atoms. The Hall–Kier alpha value is -2.96. The fourth-order valence-electron chi connectivity index (χ4n) is 4.07.